The second kappa shape index (κ2) is 7.08. The van der Waals surface area contributed by atoms with Crippen molar-refractivity contribution in [3.05, 3.63) is 53.7 Å². The quantitative estimate of drug-likeness (QED) is 0.904. The number of piperazine rings is 1. The summed E-state index contributed by atoms with van der Waals surface area (Å²) in [6, 6.07) is 10.2. The molecule has 1 aromatic heterocycles. The van der Waals surface area contributed by atoms with Crippen molar-refractivity contribution in [3.8, 4) is 0 Å². The van der Waals surface area contributed by atoms with Gasteiger partial charge in [-0.3, -0.25) is 4.79 Å². The minimum absolute atomic E-state index is 0.0527. The molecule has 7 nitrogen and oxygen atoms in total. The van der Waals surface area contributed by atoms with Gasteiger partial charge >= 0.3 is 5.97 Å². The van der Waals surface area contributed by atoms with Crippen molar-refractivity contribution in [3.63, 3.8) is 0 Å². The van der Waals surface area contributed by atoms with E-state index in [1.54, 1.807) is 18.3 Å². The van der Waals surface area contributed by atoms with Crippen molar-refractivity contribution in [2.75, 3.05) is 31.1 Å². The summed E-state index contributed by atoms with van der Waals surface area (Å²) in [5.41, 5.74) is 1.05. The number of carbonyl (C=O) groups is 2. The van der Waals surface area contributed by atoms with Gasteiger partial charge < -0.3 is 14.9 Å². The highest BCUT2D eigenvalue weighted by molar-refractivity contribution is 5.87. The first-order chi connectivity index (χ1) is 11.6. The van der Waals surface area contributed by atoms with Gasteiger partial charge in [0.05, 0.1) is 12.0 Å². The van der Waals surface area contributed by atoms with E-state index in [1.165, 1.54) is 12.1 Å². The number of nitrogens with zero attached hydrogens (tertiary/aromatic N) is 4. The first kappa shape index (κ1) is 15.9. The Kier molecular flexibility index (Phi) is 4.69. The van der Waals surface area contributed by atoms with Crippen molar-refractivity contribution < 1.29 is 14.7 Å². The molecular formula is C17H18N4O3. The summed E-state index contributed by atoms with van der Waals surface area (Å²) in [7, 11) is 0. The number of hydrogen-bond donors (Lipinski definition) is 1. The monoisotopic (exact) mass is 326 g/mol. The number of benzene rings is 1. The molecule has 1 aliphatic heterocycles. The fraction of sp³-hybridized carbons (Fsp3) is 0.294. The highest BCUT2D eigenvalue weighted by Crippen LogP contribution is 2.13. The Balaban J connectivity index is 1.54. The van der Waals surface area contributed by atoms with Crippen molar-refractivity contribution in [2.24, 2.45) is 0 Å². The molecule has 1 fully saturated rings. The molecule has 3 rings (SSSR count). The molecule has 1 aromatic carbocycles. The number of carboxylic acid groups (broad SMARTS) is 1. The maximum Gasteiger partial charge on any atom is 0.335 e. The standard InChI is InChI=1S/C17H18N4O3/c22-16(12-13-3-5-14(6-4-13)17(23)24)21-10-8-20(9-11-21)15-2-1-7-18-19-15/h1-7H,8-12H2,(H,23,24). The van der Waals surface area contributed by atoms with Crippen LogP contribution in [0.2, 0.25) is 0 Å². The average Bonchev–Trinajstić information content (AvgIpc) is 2.63. The van der Waals surface area contributed by atoms with Crippen LogP contribution in [0.15, 0.2) is 42.6 Å². The normalized spacial score (nSPS) is 14.5. The predicted molar refractivity (Wildman–Crippen MR) is 87.9 cm³/mol. The largest absolute Gasteiger partial charge is 0.478 e. The minimum Gasteiger partial charge on any atom is -0.478 e. The van der Waals surface area contributed by atoms with Crippen LogP contribution in [0.25, 0.3) is 0 Å². The van der Waals surface area contributed by atoms with Gasteiger partial charge in [-0.15, -0.1) is 5.10 Å². The van der Waals surface area contributed by atoms with Crippen LogP contribution in [-0.4, -0.2) is 58.3 Å². The van der Waals surface area contributed by atoms with Gasteiger partial charge in [0.15, 0.2) is 5.82 Å². The fourth-order valence-corrected chi connectivity index (χ4v) is 2.70. The van der Waals surface area contributed by atoms with E-state index in [4.69, 9.17) is 5.11 Å². The lowest BCUT2D eigenvalue weighted by Gasteiger charge is -2.35. The van der Waals surface area contributed by atoms with Crippen molar-refractivity contribution in [2.45, 2.75) is 6.42 Å². The molecule has 1 N–H and O–H groups in total. The van der Waals surface area contributed by atoms with E-state index in [1.807, 2.05) is 17.0 Å². The number of aromatic carboxylic acids is 1. The zero-order chi connectivity index (χ0) is 16.9. The first-order valence-electron chi connectivity index (χ1n) is 7.76. The Morgan fingerprint density at radius 2 is 1.75 bits per heavy atom. The lowest BCUT2D eigenvalue weighted by molar-refractivity contribution is -0.130. The van der Waals surface area contributed by atoms with Gasteiger partial charge in [-0.05, 0) is 29.8 Å². The van der Waals surface area contributed by atoms with Gasteiger partial charge in [-0.2, -0.15) is 5.10 Å². The van der Waals surface area contributed by atoms with E-state index in [-0.39, 0.29) is 17.9 Å². The fourth-order valence-electron chi connectivity index (χ4n) is 2.70. The van der Waals surface area contributed by atoms with Gasteiger partial charge in [0.2, 0.25) is 5.91 Å². The number of aromatic nitrogens is 2. The van der Waals surface area contributed by atoms with Crippen LogP contribution in [0.5, 0.6) is 0 Å². The summed E-state index contributed by atoms with van der Waals surface area (Å²) >= 11 is 0. The summed E-state index contributed by atoms with van der Waals surface area (Å²) in [6.07, 6.45) is 1.92. The third kappa shape index (κ3) is 3.68. The predicted octanol–water partition coefficient (Wildman–Crippen LogP) is 1.07. The Morgan fingerprint density at radius 1 is 1.04 bits per heavy atom. The third-order valence-corrected chi connectivity index (χ3v) is 4.07. The van der Waals surface area contributed by atoms with E-state index in [2.05, 4.69) is 15.1 Å². The van der Waals surface area contributed by atoms with Crippen molar-refractivity contribution in [1.82, 2.24) is 15.1 Å². The van der Waals surface area contributed by atoms with Crippen LogP contribution in [-0.2, 0) is 11.2 Å². The Labute approximate surface area is 139 Å². The van der Waals surface area contributed by atoms with Gasteiger partial charge in [-0.25, -0.2) is 4.79 Å². The lowest BCUT2D eigenvalue weighted by atomic mass is 10.1. The summed E-state index contributed by atoms with van der Waals surface area (Å²) in [5, 5.41) is 16.9. The van der Waals surface area contributed by atoms with Gasteiger partial charge in [0, 0.05) is 32.4 Å². The van der Waals surface area contributed by atoms with E-state index in [0.29, 0.717) is 13.1 Å². The molecule has 2 aromatic rings. The zero-order valence-electron chi connectivity index (χ0n) is 13.1. The molecule has 0 spiro atoms. The topological polar surface area (TPSA) is 86.6 Å². The van der Waals surface area contributed by atoms with Gasteiger partial charge in [0.25, 0.3) is 0 Å². The molecule has 124 valence electrons. The second-order valence-electron chi connectivity index (χ2n) is 5.63. The molecule has 1 aliphatic rings. The summed E-state index contributed by atoms with van der Waals surface area (Å²) in [5.74, 6) is -0.0845. The molecule has 0 radical (unpaired) electrons. The van der Waals surface area contributed by atoms with Crippen LogP contribution in [0.3, 0.4) is 0 Å². The molecule has 1 saturated heterocycles. The molecule has 7 heteroatoms. The van der Waals surface area contributed by atoms with Crippen LogP contribution >= 0.6 is 0 Å². The number of carboxylic acids is 1. The number of anilines is 1. The van der Waals surface area contributed by atoms with Crippen LogP contribution < -0.4 is 4.90 Å². The minimum atomic E-state index is -0.965. The molecule has 2 heterocycles. The summed E-state index contributed by atoms with van der Waals surface area (Å²) in [6.45, 7) is 2.73. The number of rotatable bonds is 4. The van der Waals surface area contributed by atoms with Crippen molar-refractivity contribution in [1.29, 1.82) is 0 Å². The molecule has 0 unspecified atom stereocenters. The molecule has 24 heavy (non-hydrogen) atoms. The Hall–Kier alpha value is -2.96. The summed E-state index contributed by atoms with van der Waals surface area (Å²) < 4.78 is 0. The smallest absolute Gasteiger partial charge is 0.335 e. The molecule has 1 amide bonds. The van der Waals surface area contributed by atoms with Crippen molar-refractivity contribution >= 4 is 17.7 Å². The Bertz CT molecular complexity index is 710. The zero-order valence-corrected chi connectivity index (χ0v) is 13.1. The highest BCUT2D eigenvalue weighted by Gasteiger charge is 2.22. The molecule has 0 bridgehead atoms. The first-order valence-corrected chi connectivity index (χ1v) is 7.76. The van der Waals surface area contributed by atoms with E-state index in [0.717, 1.165) is 24.5 Å². The van der Waals surface area contributed by atoms with Crippen LogP contribution in [0, 0.1) is 0 Å². The summed E-state index contributed by atoms with van der Waals surface area (Å²) in [4.78, 5) is 27.2. The van der Waals surface area contributed by atoms with Crippen LogP contribution in [0.1, 0.15) is 15.9 Å². The molecular weight excluding hydrogens is 308 g/mol. The SMILES string of the molecule is O=C(O)c1ccc(CC(=O)N2CCN(c3cccnn3)CC2)cc1. The number of hydrogen-bond acceptors (Lipinski definition) is 5. The lowest BCUT2D eigenvalue weighted by Crippen LogP contribution is -2.49. The maximum atomic E-state index is 12.4. The highest BCUT2D eigenvalue weighted by atomic mass is 16.4. The molecule has 0 atom stereocenters. The molecule has 0 aliphatic carbocycles. The Morgan fingerprint density at radius 3 is 2.33 bits per heavy atom. The van der Waals surface area contributed by atoms with E-state index >= 15 is 0 Å². The molecule has 0 saturated carbocycles. The maximum absolute atomic E-state index is 12.4. The van der Waals surface area contributed by atoms with E-state index in [9.17, 15) is 9.59 Å². The average molecular weight is 326 g/mol. The van der Waals surface area contributed by atoms with Gasteiger partial charge in [0.1, 0.15) is 0 Å². The second-order valence-corrected chi connectivity index (χ2v) is 5.63. The third-order valence-electron chi connectivity index (χ3n) is 4.07. The number of amides is 1. The van der Waals surface area contributed by atoms with Crippen LogP contribution in [0.4, 0.5) is 5.82 Å². The van der Waals surface area contributed by atoms with E-state index < -0.39 is 5.97 Å². The van der Waals surface area contributed by atoms with Gasteiger partial charge in [-0.1, -0.05) is 12.1 Å². The number of carbonyl (C=O) groups excluding carboxylic acids is 1.